The number of likely N-dealkylation sites (N-methyl/N-ethyl adjacent to an activating group) is 1. The van der Waals surface area contributed by atoms with Crippen LogP contribution in [0.3, 0.4) is 0 Å². The Kier molecular flexibility index (Phi) is 32.2. The lowest BCUT2D eigenvalue weighted by Crippen LogP contribution is -2.37. The molecule has 2 atom stereocenters. The minimum atomic E-state index is -4.60. The molecule has 9 nitrogen and oxygen atoms in total. The number of hydrogen-bond acceptors (Lipinski definition) is 8. The number of quaternary nitrogens is 1. The molecule has 0 aromatic heterocycles. The lowest BCUT2D eigenvalue weighted by Gasteiger charge is -2.28. The Balaban J connectivity index is 4.19. The van der Waals surface area contributed by atoms with Crippen molar-refractivity contribution in [2.45, 2.75) is 193 Å². The number of unbranched alkanes of at least 4 members (excludes halogenated alkanes) is 23. The second kappa shape index (κ2) is 32.9. The van der Waals surface area contributed by atoms with E-state index in [0.717, 1.165) is 38.5 Å². The summed E-state index contributed by atoms with van der Waals surface area (Å²) in [5.74, 6) is -0.834. The van der Waals surface area contributed by atoms with Gasteiger partial charge in [-0.15, -0.1) is 0 Å². The highest BCUT2D eigenvalue weighted by atomic mass is 31.2. The molecular weight excluding hydrogens is 641 g/mol. The molecule has 0 bridgehead atoms. The highest BCUT2D eigenvalue weighted by Gasteiger charge is 2.21. The summed E-state index contributed by atoms with van der Waals surface area (Å²) >= 11 is 0. The zero-order chi connectivity index (χ0) is 36.5. The Morgan fingerprint density at radius 1 is 0.551 bits per heavy atom. The number of hydrogen-bond donors (Lipinski definition) is 0. The molecule has 0 aliphatic carbocycles. The first kappa shape index (κ1) is 48.0. The highest BCUT2D eigenvalue weighted by Crippen LogP contribution is 2.38. The summed E-state index contributed by atoms with van der Waals surface area (Å²) in [4.78, 5) is 37.1. The molecule has 0 spiro atoms. The summed E-state index contributed by atoms with van der Waals surface area (Å²) in [6.45, 7) is 4.17. The van der Waals surface area contributed by atoms with Gasteiger partial charge in [-0.05, 0) is 12.8 Å². The molecule has 0 saturated carbocycles. The summed E-state index contributed by atoms with van der Waals surface area (Å²) < 4.78 is 33.6. The minimum absolute atomic E-state index is 0.0264. The van der Waals surface area contributed by atoms with Gasteiger partial charge in [0, 0.05) is 12.8 Å². The molecule has 0 rings (SSSR count). The second-order valence-corrected chi connectivity index (χ2v) is 16.4. The first-order chi connectivity index (χ1) is 23.5. The minimum Gasteiger partial charge on any atom is -0.756 e. The first-order valence-corrected chi connectivity index (χ1v) is 21.7. The molecule has 10 heteroatoms. The number of carbonyl (C=O) groups is 2. The van der Waals surface area contributed by atoms with Crippen LogP contribution in [0, 0.1) is 0 Å². The lowest BCUT2D eigenvalue weighted by molar-refractivity contribution is -0.870. The van der Waals surface area contributed by atoms with Crippen molar-refractivity contribution in [2.75, 3.05) is 47.5 Å². The Morgan fingerprint density at radius 3 is 1.31 bits per heavy atom. The Hall–Kier alpha value is -0.990. The van der Waals surface area contributed by atoms with Crippen LogP contribution in [0.4, 0.5) is 0 Å². The largest absolute Gasteiger partial charge is 0.756 e. The molecule has 0 amide bonds. The third-order valence-corrected chi connectivity index (χ3v) is 9.84. The van der Waals surface area contributed by atoms with Crippen molar-refractivity contribution < 1.29 is 42.1 Å². The van der Waals surface area contributed by atoms with Crippen molar-refractivity contribution in [3.8, 4) is 0 Å². The van der Waals surface area contributed by atoms with Gasteiger partial charge in [0.1, 0.15) is 19.8 Å². The van der Waals surface area contributed by atoms with Gasteiger partial charge >= 0.3 is 11.9 Å². The van der Waals surface area contributed by atoms with Crippen molar-refractivity contribution in [1.82, 2.24) is 0 Å². The van der Waals surface area contributed by atoms with Crippen LogP contribution < -0.4 is 4.89 Å². The topological polar surface area (TPSA) is 111 Å². The number of phosphoric acid groups is 1. The third kappa shape index (κ3) is 36.6. The summed E-state index contributed by atoms with van der Waals surface area (Å²) in [7, 11) is 1.18. The van der Waals surface area contributed by atoms with E-state index in [-0.39, 0.29) is 32.0 Å². The molecule has 0 fully saturated rings. The average Bonchev–Trinajstić information content (AvgIpc) is 3.04. The standard InChI is InChI=1S/C39H78NO8P/c1-6-8-10-12-14-15-16-17-18-19-20-21-22-23-24-25-26-28-30-32-39(42)48-37(35-45-38(41)31-29-27-13-11-9-7-2)36-47-49(43,44)46-34-33-40(3,4)5/h37H,6-36H2,1-5H3. The second-order valence-electron chi connectivity index (χ2n) is 15.0. The molecule has 0 radical (unpaired) electrons. The van der Waals surface area contributed by atoms with Gasteiger partial charge in [-0.1, -0.05) is 162 Å². The van der Waals surface area contributed by atoms with Crippen LogP contribution in [0.2, 0.25) is 0 Å². The number of ether oxygens (including phenoxy) is 2. The zero-order valence-electron chi connectivity index (χ0n) is 32.7. The smallest absolute Gasteiger partial charge is 0.306 e. The Labute approximate surface area is 302 Å². The average molecular weight is 720 g/mol. The predicted octanol–water partition coefficient (Wildman–Crippen LogP) is 10.2. The molecule has 49 heavy (non-hydrogen) atoms. The lowest BCUT2D eigenvalue weighted by atomic mass is 10.0. The maximum atomic E-state index is 12.6. The third-order valence-electron chi connectivity index (χ3n) is 8.88. The number of esters is 2. The van der Waals surface area contributed by atoms with E-state index in [2.05, 4.69) is 13.8 Å². The van der Waals surface area contributed by atoms with Gasteiger partial charge in [-0.2, -0.15) is 0 Å². The van der Waals surface area contributed by atoms with Crippen molar-refractivity contribution in [3.63, 3.8) is 0 Å². The monoisotopic (exact) mass is 720 g/mol. The zero-order valence-corrected chi connectivity index (χ0v) is 33.6. The van der Waals surface area contributed by atoms with Crippen LogP contribution in [0.25, 0.3) is 0 Å². The molecule has 0 heterocycles. The normalized spacial score (nSPS) is 13.7. The maximum absolute atomic E-state index is 12.6. The number of carbonyl (C=O) groups excluding carboxylic acids is 2. The number of phosphoric ester groups is 1. The van der Waals surface area contributed by atoms with Gasteiger partial charge in [0.2, 0.25) is 0 Å². The predicted molar refractivity (Wildman–Crippen MR) is 199 cm³/mol. The Bertz CT molecular complexity index is 819. The van der Waals surface area contributed by atoms with Crippen LogP contribution in [-0.2, 0) is 32.7 Å². The molecule has 0 saturated heterocycles. The van der Waals surface area contributed by atoms with E-state index < -0.39 is 26.5 Å². The van der Waals surface area contributed by atoms with E-state index in [9.17, 15) is 19.0 Å². The number of rotatable bonds is 37. The van der Waals surface area contributed by atoms with Crippen molar-refractivity contribution in [3.05, 3.63) is 0 Å². The quantitative estimate of drug-likeness (QED) is 0.0270. The number of nitrogens with zero attached hydrogens (tertiary/aromatic N) is 1. The summed E-state index contributed by atoms with van der Waals surface area (Å²) in [5.41, 5.74) is 0. The van der Waals surface area contributed by atoms with Crippen LogP contribution in [-0.4, -0.2) is 70.0 Å². The van der Waals surface area contributed by atoms with Crippen LogP contribution in [0.5, 0.6) is 0 Å². The molecule has 0 aromatic rings. The van der Waals surface area contributed by atoms with Gasteiger partial charge in [0.25, 0.3) is 7.82 Å². The van der Waals surface area contributed by atoms with Crippen LogP contribution in [0.15, 0.2) is 0 Å². The molecule has 0 aromatic carbocycles. The molecule has 292 valence electrons. The summed E-state index contributed by atoms with van der Waals surface area (Å²) in [6.07, 6.45) is 30.2. The van der Waals surface area contributed by atoms with E-state index in [4.69, 9.17) is 18.5 Å². The molecule has 2 unspecified atom stereocenters. The van der Waals surface area contributed by atoms with E-state index in [0.29, 0.717) is 17.4 Å². The highest BCUT2D eigenvalue weighted by molar-refractivity contribution is 7.45. The SMILES string of the molecule is CCCCCCCCCCCCCCCCCCCCCC(=O)OC(COC(=O)CCCCCCCC)COP(=O)([O-])OCC[N+](C)(C)C. The molecule has 0 aliphatic rings. The van der Waals surface area contributed by atoms with Crippen LogP contribution >= 0.6 is 7.82 Å². The molecular formula is C39H78NO8P. The maximum Gasteiger partial charge on any atom is 0.306 e. The molecule has 0 aliphatic heterocycles. The van der Waals surface area contributed by atoms with E-state index in [1.807, 2.05) is 21.1 Å². The summed E-state index contributed by atoms with van der Waals surface area (Å²) in [6, 6.07) is 0. The van der Waals surface area contributed by atoms with E-state index in [1.54, 1.807) is 0 Å². The van der Waals surface area contributed by atoms with Gasteiger partial charge in [-0.25, -0.2) is 0 Å². The fourth-order valence-corrected chi connectivity index (χ4v) is 6.38. The Morgan fingerprint density at radius 2 is 0.918 bits per heavy atom. The fraction of sp³-hybridized carbons (Fsp3) is 0.949. The van der Waals surface area contributed by atoms with E-state index in [1.165, 1.54) is 116 Å². The van der Waals surface area contributed by atoms with E-state index >= 15 is 0 Å². The van der Waals surface area contributed by atoms with Gasteiger partial charge < -0.3 is 27.9 Å². The van der Waals surface area contributed by atoms with Gasteiger partial charge in [0.05, 0.1) is 27.7 Å². The van der Waals surface area contributed by atoms with Crippen molar-refractivity contribution in [2.24, 2.45) is 0 Å². The molecule has 0 N–H and O–H groups in total. The van der Waals surface area contributed by atoms with Crippen molar-refractivity contribution >= 4 is 19.8 Å². The van der Waals surface area contributed by atoms with Crippen LogP contribution in [0.1, 0.15) is 187 Å². The fourth-order valence-electron chi connectivity index (χ4n) is 5.65. The van der Waals surface area contributed by atoms with Gasteiger partial charge in [0.15, 0.2) is 6.10 Å². The van der Waals surface area contributed by atoms with Crippen molar-refractivity contribution in [1.29, 1.82) is 0 Å². The first-order valence-electron chi connectivity index (χ1n) is 20.2. The summed E-state index contributed by atoms with van der Waals surface area (Å²) in [5, 5.41) is 0. The van der Waals surface area contributed by atoms with Gasteiger partial charge in [-0.3, -0.25) is 14.2 Å².